The van der Waals surface area contributed by atoms with Gasteiger partial charge in [-0.1, -0.05) is 5.10 Å². The molecule has 1 aromatic carbocycles. The number of likely N-dealkylation sites (tertiary alicyclic amines) is 1. The molecule has 146 valence electrons. The molecule has 0 radical (unpaired) electrons. The Balaban J connectivity index is 1.40. The maximum absolute atomic E-state index is 12.7. The number of hydrogen-bond donors (Lipinski definition) is 1. The number of nitriles is 1. The average molecular weight is 381 g/mol. The molecule has 1 aliphatic carbocycles. The number of rotatable bonds is 5. The average Bonchev–Trinajstić information content (AvgIpc) is 3.31. The zero-order chi connectivity index (χ0) is 19.7. The number of carbonyl (C=O) groups excluding carboxylic acids is 1. The standard InChI is InChI=1S/C20H23N5O3/c1-13(18(26)25-9-7-20(5-6-20)8-10-25)22-19-24-23-17(28-19)14-3-4-16(27-2)15(11-14)12-21/h3-4,11,13H,5-10H2,1-2H3,(H,22,24)/t13-/m0/s1. The molecule has 28 heavy (non-hydrogen) atoms. The summed E-state index contributed by atoms with van der Waals surface area (Å²) in [4.78, 5) is 14.6. The second kappa shape index (κ2) is 7.15. The van der Waals surface area contributed by atoms with E-state index in [9.17, 15) is 10.1 Å². The lowest BCUT2D eigenvalue weighted by atomic mass is 9.93. The number of anilines is 1. The molecule has 0 bridgehead atoms. The first-order chi connectivity index (χ1) is 13.5. The van der Waals surface area contributed by atoms with Crippen LogP contribution in [0.15, 0.2) is 22.6 Å². The van der Waals surface area contributed by atoms with E-state index in [2.05, 4.69) is 21.6 Å². The largest absolute Gasteiger partial charge is 0.495 e. The first-order valence-electron chi connectivity index (χ1n) is 9.51. The minimum atomic E-state index is -0.452. The molecule has 1 spiro atoms. The Morgan fingerprint density at radius 3 is 2.71 bits per heavy atom. The van der Waals surface area contributed by atoms with Crippen molar-refractivity contribution in [1.29, 1.82) is 5.26 Å². The topological polar surface area (TPSA) is 104 Å². The van der Waals surface area contributed by atoms with Crippen LogP contribution in [0.2, 0.25) is 0 Å². The van der Waals surface area contributed by atoms with Crippen molar-refractivity contribution in [3.8, 4) is 23.3 Å². The van der Waals surface area contributed by atoms with Gasteiger partial charge in [0.25, 0.3) is 0 Å². The van der Waals surface area contributed by atoms with Gasteiger partial charge < -0.3 is 19.4 Å². The second-order valence-corrected chi connectivity index (χ2v) is 7.63. The second-order valence-electron chi connectivity index (χ2n) is 7.63. The number of amides is 1. The van der Waals surface area contributed by atoms with E-state index in [1.165, 1.54) is 20.0 Å². The van der Waals surface area contributed by atoms with Crippen LogP contribution in [0.1, 0.15) is 38.2 Å². The Morgan fingerprint density at radius 1 is 1.32 bits per heavy atom. The van der Waals surface area contributed by atoms with Crippen LogP contribution in [0.25, 0.3) is 11.5 Å². The number of benzene rings is 1. The molecule has 1 N–H and O–H groups in total. The Labute approximate surface area is 163 Å². The maximum atomic E-state index is 12.7. The fourth-order valence-corrected chi connectivity index (χ4v) is 3.73. The van der Waals surface area contributed by atoms with Crippen molar-refractivity contribution >= 4 is 11.9 Å². The Morgan fingerprint density at radius 2 is 2.07 bits per heavy atom. The third-order valence-electron chi connectivity index (χ3n) is 5.80. The van der Waals surface area contributed by atoms with Crippen molar-refractivity contribution in [3.63, 3.8) is 0 Å². The summed E-state index contributed by atoms with van der Waals surface area (Å²) < 4.78 is 10.8. The van der Waals surface area contributed by atoms with Crippen molar-refractivity contribution in [3.05, 3.63) is 23.8 Å². The van der Waals surface area contributed by atoms with Crippen LogP contribution in [-0.4, -0.2) is 47.2 Å². The van der Waals surface area contributed by atoms with Crippen LogP contribution in [-0.2, 0) is 4.79 Å². The van der Waals surface area contributed by atoms with Gasteiger partial charge in [-0.15, -0.1) is 5.10 Å². The van der Waals surface area contributed by atoms with Crippen molar-refractivity contribution in [2.45, 2.75) is 38.6 Å². The first-order valence-corrected chi connectivity index (χ1v) is 9.51. The van der Waals surface area contributed by atoms with Crippen molar-refractivity contribution < 1.29 is 13.9 Å². The van der Waals surface area contributed by atoms with Gasteiger partial charge in [-0.2, -0.15) is 5.26 Å². The Hall–Kier alpha value is -3.08. The quantitative estimate of drug-likeness (QED) is 0.849. The molecule has 1 atom stereocenters. The Bertz CT molecular complexity index is 918. The van der Waals surface area contributed by atoms with Gasteiger partial charge in [0.2, 0.25) is 11.8 Å². The molecule has 1 saturated heterocycles. The van der Waals surface area contributed by atoms with Crippen molar-refractivity contribution in [2.24, 2.45) is 5.41 Å². The molecule has 8 heteroatoms. The van der Waals surface area contributed by atoms with E-state index in [4.69, 9.17) is 9.15 Å². The zero-order valence-electron chi connectivity index (χ0n) is 16.1. The van der Waals surface area contributed by atoms with Gasteiger partial charge >= 0.3 is 6.01 Å². The third kappa shape index (κ3) is 3.52. The number of aromatic nitrogens is 2. The molecule has 1 saturated carbocycles. The van der Waals surface area contributed by atoms with E-state index in [0.717, 1.165) is 25.9 Å². The minimum absolute atomic E-state index is 0.0477. The highest BCUT2D eigenvalue weighted by atomic mass is 16.5. The predicted octanol–water partition coefficient (Wildman–Crippen LogP) is 2.82. The molecule has 2 aliphatic rings. The fraction of sp³-hybridized carbons (Fsp3) is 0.500. The summed E-state index contributed by atoms with van der Waals surface area (Å²) >= 11 is 0. The zero-order valence-corrected chi connectivity index (χ0v) is 16.1. The molecule has 0 unspecified atom stereocenters. The summed E-state index contributed by atoms with van der Waals surface area (Å²) in [6.45, 7) is 3.44. The fourth-order valence-electron chi connectivity index (χ4n) is 3.73. The minimum Gasteiger partial charge on any atom is -0.495 e. The van der Waals surface area contributed by atoms with E-state index >= 15 is 0 Å². The van der Waals surface area contributed by atoms with Crippen LogP contribution in [0.3, 0.4) is 0 Å². The normalized spacial score (nSPS) is 18.4. The summed E-state index contributed by atoms with van der Waals surface area (Å²) in [5, 5.41) is 20.2. The van der Waals surface area contributed by atoms with Crippen LogP contribution in [0.5, 0.6) is 5.75 Å². The molecular weight excluding hydrogens is 358 g/mol. The number of piperidine rings is 1. The first kappa shape index (κ1) is 18.3. The number of hydrogen-bond acceptors (Lipinski definition) is 7. The molecule has 1 aliphatic heterocycles. The monoisotopic (exact) mass is 381 g/mol. The van der Waals surface area contributed by atoms with Crippen LogP contribution >= 0.6 is 0 Å². The van der Waals surface area contributed by atoms with E-state index < -0.39 is 6.04 Å². The molecule has 2 heterocycles. The summed E-state index contributed by atoms with van der Waals surface area (Å²) in [6.07, 6.45) is 4.84. The molecule has 1 amide bonds. The van der Waals surface area contributed by atoms with E-state index in [1.54, 1.807) is 25.1 Å². The van der Waals surface area contributed by atoms with Gasteiger partial charge in [-0.05, 0) is 56.2 Å². The lowest BCUT2D eigenvalue weighted by Crippen LogP contribution is -2.45. The molecule has 1 aromatic heterocycles. The number of nitrogens with zero attached hydrogens (tertiary/aromatic N) is 4. The SMILES string of the molecule is COc1ccc(-c2nnc(N[C@@H](C)C(=O)N3CCC4(CC3)CC4)o2)cc1C#N. The smallest absolute Gasteiger partial charge is 0.316 e. The highest BCUT2D eigenvalue weighted by Gasteiger charge is 2.45. The number of methoxy groups -OCH3 is 1. The van der Waals surface area contributed by atoms with Gasteiger partial charge in [0.15, 0.2) is 0 Å². The van der Waals surface area contributed by atoms with Crippen LogP contribution in [0.4, 0.5) is 6.01 Å². The van der Waals surface area contributed by atoms with Crippen molar-refractivity contribution in [2.75, 3.05) is 25.5 Å². The van der Waals surface area contributed by atoms with Gasteiger partial charge in [0.1, 0.15) is 17.9 Å². The van der Waals surface area contributed by atoms with Crippen molar-refractivity contribution in [1.82, 2.24) is 15.1 Å². The predicted molar refractivity (Wildman–Crippen MR) is 102 cm³/mol. The van der Waals surface area contributed by atoms with E-state index in [-0.39, 0.29) is 17.8 Å². The molecular formula is C20H23N5O3. The molecule has 4 rings (SSSR count). The number of nitrogens with one attached hydrogen (secondary N) is 1. The third-order valence-corrected chi connectivity index (χ3v) is 5.80. The lowest BCUT2D eigenvalue weighted by molar-refractivity contribution is -0.133. The summed E-state index contributed by atoms with van der Waals surface area (Å²) in [5.41, 5.74) is 1.53. The number of ether oxygens (including phenoxy) is 1. The van der Waals surface area contributed by atoms with Gasteiger partial charge in [0.05, 0.1) is 12.7 Å². The van der Waals surface area contributed by atoms with Gasteiger partial charge in [0, 0.05) is 18.7 Å². The maximum Gasteiger partial charge on any atom is 0.316 e. The highest BCUT2D eigenvalue weighted by Crippen LogP contribution is 2.53. The summed E-state index contributed by atoms with van der Waals surface area (Å²) in [7, 11) is 1.51. The van der Waals surface area contributed by atoms with E-state index in [1.807, 2.05) is 4.90 Å². The molecule has 2 fully saturated rings. The van der Waals surface area contributed by atoms with Gasteiger partial charge in [-0.25, -0.2) is 0 Å². The summed E-state index contributed by atoms with van der Waals surface area (Å²) in [5.74, 6) is 0.805. The number of carbonyl (C=O) groups is 1. The van der Waals surface area contributed by atoms with E-state index in [0.29, 0.717) is 22.3 Å². The van der Waals surface area contributed by atoms with Crippen LogP contribution in [0, 0.1) is 16.7 Å². The highest BCUT2D eigenvalue weighted by molar-refractivity contribution is 5.83. The summed E-state index contributed by atoms with van der Waals surface area (Å²) in [6, 6.07) is 6.86. The van der Waals surface area contributed by atoms with Crippen LogP contribution < -0.4 is 10.1 Å². The molecule has 8 nitrogen and oxygen atoms in total. The van der Waals surface area contributed by atoms with Gasteiger partial charge in [-0.3, -0.25) is 4.79 Å². The molecule has 2 aromatic rings. The lowest BCUT2D eigenvalue weighted by Gasteiger charge is -2.33. The Kier molecular flexibility index (Phi) is 4.67.